The molecule has 2 unspecified atom stereocenters. The summed E-state index contributed by atoms with van der Waals surface area (Å²) in [6.07, 6.45) is 7.85. The maximum Gasteiger partial charge on any atom is 0.336 e. The first-order valence-electron chi connectivity index (χ1n) is 9.85. The molecule has 1 N–H and O–H groups in total. The molecule has 2 atom stereocenters. The zero-order valence-electron chi connectivity index (χ0n) is 18.0. The summed E-state index contributed by atoms with van der Waals surface area (Å²) in [6.45, 7) is 7.74. The Kier molecular flexibility index (Phi) is 6.20. The fourth-order valence-corrected chi connectivity index (χ4v) is 3.87. The second-order valence-electron chi connectivity index (χ2n) is 7.74. The molecule has 0 aromatic carbocycles. The zero-order chi connectivity index (χ0) is 21.9. The first-order chi connectivity index (χ1) is 14.3. The molecule has 0 saturated heterocycles. The Labute approximate surface area is 176 Å². The van der Waals surface area contributed by atoms with Crippen LogP contribution < -0.4 is 5.32 Å². The van der Waals surface area contributed by atoms with Gasteiger partial charge in [0.15, 0.2) is 0 Å². The molecule has 0 radical (unpaired) electrons. The minimum Gasteiger partial charge on any atom is -0.466 e. The van der Waals surface area contributed by atoms with Crippen molar-refractivity contribution in [2.45, 2.75) is 45.6 Å². The smallest absolute Gasteiger partial charge is 0.336 e. The highest BCUT2D eigenvalue weighted by Crippen LogP contribution is 2.39. The second kappa shape index (κ2) is 8.65. The summed E-state index contributed by atoms with van der Waals surface area (Å²) < 4.78 is 10.6. The average molecular weight is 409 g/mol. The minimum atomic E-state index is -0.623. The highest BCUT2D eigenvalue weighted by molar-refractivity contribution is 5.99. The SMILES string of the molecule is COC(=O)C1=C(C)NC(C)=C(C(=O)OCCC2(C)C=CC(C)=N2)C1c1cccnc1. The number of aromatic nitrogens is 1. The number of nitrogens with one attached hydrogen (secondary N) is 1. The van der Waals surface area contributed by atoms with Gasteiger partial charge in [-0.2, -0.15) is 0 Å². The predicted octanol–water partition coefficient (Wildman–Crippen LogP) is 3.21. The van der Waals surface area contributed by atoms with Crippen LogP contribution in [0.15, 0.2) is 64.2 Å². The first-order valence-corrected chi connectivity index (χ1v) is 9.85. The van der Waals surface area contributed by atoms with Crippen LogP contribution in [0.1, 0.15) is 45.6 Å². The third kappa shape index (κ3) is 4.35. The lowest BCUT2D eigenvalue weighted by Crippen LogP contribution is -2.32. The van der Waals surface area contributed by atoms with Gasteiger partial charge >= 0.3 is 11.9 Å². The van der Waals surface area contributed by atoms with E-state index in [9.17, 15) is 9.59 Å². The molecular weight excluding hydrogens is 382 g/mol. The van der Waals surface area contributed by atoms with E-state index in [4.69, 9.17) is 9.47 Å². The number of carbonyl (C=O) groups excluding carboxylic acids is 2. The van der Waals surface area contributed by atoms with Crippen LogP contribution in [-0.2, 0) is 19.1 Å². The summed E-state index contributed by atoms with van der Waals surface area (Å²) in [5.41, 5.74) is 3.33. The number of hydrogen-bond donors (Lipinski definition) is 1. The van der Waals surface area contributed by atoms with E-state index in [-0.39, 0.29) is 12.1 Å². The summed E-state index contributed by atoms with van der Waals surface area (Å²) in [7, 11) is 1.32. The quantitative estimate of drug-likeness (QED) is 0.726. The molecule has 7 nitrogen and oxygen atoms in total. The Morgan fingerprint density at radius 3 is 2.43 bits per heavy atom. The molecule has 2 aliphatic heterocycles. The maximum atomic E-state index is 13.1. The van der Waals surface area contributed by atoms with Crippen molar-refractivity contribution in [2.24, 2.45) is 4.99 Å². The van der Waals surface area contributed by atoms with Gasteiger partial charge in [0.1, 0.15) is 0 Å². The molecule has 0 saturated carbocycles. The van der Waals surface area contributed by atoms with Gasteiger partial charge in [0.2, 0.25) is 0 Å². The van der Waals surface area contributed by atoms with Crippen LogP contribution in [0.5, 0.6) is 0 Å². The number of aliphatic imine (C=N–C) groups is 1. The van der Waals surface area contributed by atoms with Gasteiger partial charge < -0.3 is 14.8 Å². The standard InChI is InChI=1S/C23H27N3O4/c1-14-8-9-23(4,26-14)10-12-30-22(28)19-16(3)25-15(2)18(21(27)29-5)20(19)17-7-6-11-24-13-17/h6-9,11,13,20,25H,10,12H2,1-5H3. The van der Waals surface area contributed by atoms with Crippen molar-refractivity contribution < 1.29 is 19.1 Å². The first kappa shape index (κ1) is 21.5. The molecule has 0 aliphatic carbocycles. The normalized spacial score (nSPS) is 23.2. The summed E-state index contributed by atoms with van der Waals surface area (Å²) in [5.74, 6) is -1.60. The van der Waals surface area contributed by atoms with Crippen molar-refractivity contribution in [1.82, 2.24) is 10.3 Å². The largest absolute Gasteiger partial charge is 0.466 e. The number of esters is 2. The topological polar surface area (TPSA) is 89.9 Å². The molecule has 0 spiro atoms. The highest BCUT2D eigenvalue weighted by Gasteiger charge is 2.38. The Bertz CT molecular complexity index is 975. The lowest BCUT2D eigenvalue weighted by molar-refractivity contribution is -0.139. The number of dihydropyridines is 1. The third-order valence-electron chi connectivity index (χ3n) is 5.36. The fourth-order valence-electron chi connectivity index (χ4n) is 3.87. The molecular formula is C23H27N3O4. The van der Waals surface area contributed by atoms with Gasteiger partial charge in [0.05, 0.1) is 36.3 Å². The predicted molar refractivity (Wildman–Crippen MR) is 114 cm³/mol. The van der Waals surface area contributed by atoms with Crippen LogP contribution in [0, 0.1) is 0 Å². The summed E-state index contributed by atoms with van der Waals surface area (Å²) >= 11 is 0. The van der Waals surface area contributed by atoms with Crippen LogP contribution >= 0.6 is 0 Å². The van der Waals surface area contributed by atoms with Crippen LogP contribution in [0.25, 0.3) is 0 Å². The Balaban J connectivity index is 1.87. The molecule has 7 heteroatoms. The van der Waals surface area contributed by atoms with Crippen molar-refractivity contribution >= 4 is 17.7 Å². The molecule has 0 amide bonds. The van der Waals surface area contributed by atoms with E-state index in [1.807, 2.05) is 32.1 Å². The number of pyridine rings is 1. The molecule has 0 bridgehead atoms. The molecule has 1 aromatic rings. The monoisotopic (exact) mass is 409 g/mol. The fraction of sp³-hybridized carbons (Fsp3) is 0.391. The Morgan fingerprint density at radius 1 is 1.17 bits per heavy atom. The molecule has 30 heavy (non-hydrogen) atoms. The van der Waals surface area contributed by atoms with E-state index in [0.29, 0.717) is 29.0 Å². The van der Waals surface area contributed by atoms with Crippen molar-refractivity contribution in [3.05, 3.63) is 64.8 Å². The van der Waals surface area contributed by atoms with Gasteiger partial charge in [0, 0.05) is 35.9 Å². The number of nitrogens with zero attached hydrogens (tertiary/aromatic N) is 2. The van der Waals surface area contributed by atoms with Crippen LogP contribution in [0.3, 0.4) is 0 Å². The summed E-state index contributed by atoms with van der Waals surface area (Å²) in [5, 5.41) is 3.12. The highest BCUT2D eigenvalue weighted by atomic mass is 16.5. The van der Waals surface area contributed by atoms with E-state index in [1.54, 1.807) is 32.3 Å². The zero-order valence-corrected chi connectivity index (χ0v) is 18.0. The van der Waals surface area contributed by atoms with Gasteiger partial charge in [-0.15, -0.1) is 0 Å². The minimum absolute atomic E-state index is 0.212. The molecule has 0 fully saturated rings. The molecule has 3 heterocycles. The molecule has 2 aliphatic rings. The van der Waals surface area contributed by atoms with Crippen LogP contribution in [0.4, 0.5) is 0 Å². The van der Waals surface area contributed by atoms with Crippen molar-refractivity contribution in [2.75, 3.05) is 13.7 Å². The van der Waals surface area contributed by atoms with Crippen molar-refractivity contribution in [3.8, 4) is 0 Å². The number of hydrogen-bond acceptors (Lipinski definition) is 7. The maximum absolute atomic E-state index is 13.1. The second-order valence-corrected chi connectivity index (χ2v) is 7.74. The lowest BCUT2D eigenvalue weighted by Gasteiger charge is -2.30. The van der Waals surface area contributed by atoms with E-state index in [1.165, 1.54) is 7.11 Å². The Morgan fingerprint density at radius 2 is 1.87 bits per heavy atom. The average Bonchev–Trinajstić information content (AvgIpc) is 3.06. The summed E-state index contributed by atoms with van der Waals surface area (Å²) in [4.78, 5) is 34.4. The van der Waals surface area contributed by atoms with Gasteiger partial charge in [-0.1, -0.05) is 12.1 Å². The molecule has 158 valence electrons. The molecule has 3 rings (SSSR count). The number of rotatable bonds is 6. The number of carbonyl (C=O) groups is 2. The van der Waals surface area contributed by atoms with Crippen molar-refractivity contribution in [3.63, 3.8) is 0 Å². The van der Waals surface area contributed by atoms with Gasteiger partial charge in [-0.25, -0.2) is 9.59 Å². The van der Waals surface area contributed by atoms with Crippen LogP contribution in [-0.4, -0.2) is 41.9 Å². The number of methoxy groups -OCH3 is 1. The molecule has 1 aromatic heterocycles. The van der Waals surface area contributed by atoms with E-state index >= 15 is 0 Å². The number of allylic oxidation sites excluding steroid dienone is 3. The third-order valence-corrected chi connectivity index (χ3v) is 5.36. The summed E-state index contributed by atoms with van der Waals surface area (Å²) in [6, 6.07) is 3.61. The van der Waals surface area contributed by atoms with E-state index in [0.717, 1.165) is 11.3 Å². The lowest BCUT2D eigenvalue weighted by atomic mass is 9.81. The van der Waals surface area contributed by atoms with Crippen LogP contribution in [0.2, 0.25) is 0 Å². The van der Waals surface area contributed by atoms with Gasteiger partial charge in [-0.3, -0.25) is 9.98 Å². The van der Waals surface area contributed by atoms with Crippen molar-refractivity contribution in [1.29, 1.82) is 0 Å². The van der Waals surface area contributed by atoms with E-state index < -0.39 is 17.9 Å². The Hall–Kier alpha value is -3.22. The van der Waals surface area contributed by atoms with Gasteiger partial charge in [0.25, 0.3) is 0 Å². The van der Waals surface area contributed by atoms with E-state index in [2.05, 4.69) is 15.3 Å². The van der Waals surface area contributed by atoms with Gasteiger partial charge in [-0.05, 0) is 45.4 Å². The number of ether oxygens (including phenoxy) is 2.